The van der Waals surface area contributed by atoms with Gasteiger partial charge in [0, 0.05) is 47.8 Å². The second-order valence-electron chi connectivity index (χ2n) is 8.95. The zero-order chi connectivity index (χ0) is 23.7. The summed E-state index contributed by atoms with van der Waals surface area (Å²) < 4.78 is 0. The number of hydrogen-bond donors (Lipinski definition) is 3. The van der Waals surface area contributed by atoms with Crippen molar-refractivity contribution in [3.63, 3.8) is 0 Å². The molecule has 2 amide bonds. The molecule has 2 aliphatic rings. The van der Waals surface area contributed by atoms with Crippen LogP contribution in [0.15, 0.2) is 72.4 Å². The highest BCUT2D eigenvalue weighted by molar-refractivity contribution is 6.32. The first-order chi connectivity index (χ1) is 16.5. The van der Waals surface area contributed by atoms with Gasteiger partial charge in [0.2, 0.25) is 5.91 Å². The molecule has 0 aromatic heterocycles. The van der Waals surface area contributed by atoms with E-state index < -0.39 is 5.91 Å². The van der Waals surface area contributed by atoms with Gasteiger partial charge in [0.25, 0.3) is 5.91 Å². The maximum Gasteiger partial charge on any atom is 0.258 e. The van der Waals surface area contributed by atoms with E-state index in [9.17, 15) is 9.59 Å². The SMILES string of the molecule is C/C(Nc1ccc(CN2CCc3ccccc3CC2)cc1)=C1/C(=O)Nc2cc(C(N)=O)ccc21. The number of primary amides is 1. The van der Waals surface area contributed by atoms with Gasteiger partial charge in [-0.15, -0.1) is 0 Å². The van der Waals surface area contributed by atoms with Gasteiger partial charge in [0.15, 0.2) is 0 Å². The van der Waals surface area contributed by atoms with Crippen LogP contribution in [0, 0.1) is 0 Å². The van der Waals surface area contributed by atoms with Gasteiger partial charge in [-0.1, -0.05) is 42.5 Å². The topological polar surface area (TPSA) is 87.5 Å². The molecule has 0 radical (unpaired) electrons. The van der Waals surface area contributed by atoms with E-state index in [0.717, 1.165) is 49.4 Å². The first kappa shape index (κ1) is 21.9. The number of nitrogens with two attached hydrogens (primary N) is 1. The summed E-state index contributed by atoms with van der Waals surface area (Å²) in [5.41, 5.74) is 13.5. The van der Waals surface area contributed by atoms with Crippen LogP contribution in [0.25, 0.3) is 5.57 Å². The first-order valence-electron chi connectivity index (χ1n) is 11.6. The van der Waals surface area contributed by atoms with Crippen molar-refractivity contribution in [2.24, 2.45) is 5.73 Å². The number of hydrogen-bond acceptors (Lipinski definition) is 4. The van der Waals surface area contributed by atoms with Gasteiger partial charge in [-0.2, -0.15) is 0 Å². The van der Waals surface area contributed by atoms with Crippen LogP contribution < -0.4 is 16.4 Å². The number of nitrogens with zero attached hydrogens (tertiary/aromatic N) is 1. The molecule has 172 valence electrons. The Morgan fingerprint density at radius 2 is 1.68 bits per heavy atom. The van der Waals surface area contributed by atoms with Crippen molar-refractivity contribution in [3.8, 4) is 0 Å². The number of anilines is 2. The number of nitrogens with one attached hydrogen (secondary N) is 2. The molecule has 0 saturated carbocycles. The molecule has 0 bridgehead atoms. The summed E-state index contributed by atoms with van der Waals surface area (Å²) in [7, 11) is 0. The van der Waals surface area contributed by atoms with Crippen molar-refractivity contribution in [2.45, 2.75) is 26.3 Å². The zero-order valence-corrected chi connectivity index (χ0v) is 19.2. The van der Waals surface area contributed by atoms with Crippen LogP contribution in [0.2, 0.25) is 0 Å². The summed E-state index contributed by atoms with van der Waals surface area (Å²) in [6, 6.07) is 22.2. The Bertz CT molecular complexity index is 1270. The van der Waals surface area contributed by atoms with Crippen LogP contribution in [-0.2, 0) is 24.2 Å². The highest BCUT2D eigenvalue weighted by Gasteiger charge is 2.27. The van der Waals surface area contributed by atoms with Crippen LogP contribution >= 0.6 is 0 Å². The van der Waals surface area contributed by atoms with Gasteiger partial charge in [-0.05, 0) is 60.7 Å². The highest BCUT2D eigenvalue weighted by Crippen LogP contribution is 2.34. The Kier molecular flexibility index (Phi) is 5.90. The number of allylic oxidation sites excluding steroid dienone is 1. The summed E-state index contributed by atoms with van der Waals surface area (Å²) >= 11 is 0. The van der Waals surface area contributed by atoms with E-state index >= 15 is 0 Å². The summed E-state index contributed by atoms with van der Waals surface area (Å²) in [5, 5.41) is 6.18. The lowest BCUT2D eigenvalue weighted by Gasteiger charge is -2.20. The lowest BCUT2D eigenvalue weighted by atomic mass is 10.0. The van der Waals surface area contributed by atoms with E-state index in [0.29, 0.717) is 16.8 Å². The Hall–Kier alpha value is -3.90. The van der Waals surface area contributed by atoms with E-state index in [1.807, 2.05) is 6.92 Å². The predicted octanol–water partition coefficient (Wildman–Crippen LogP) is 4.18. The van der Waals surface area contributed by atoms with Crippen molar-refractivity contribution in [2.75, 3.05) is 23.7 Å². The average Bonchev–Trinajstić information content (AvgIpc) is 3.03. The minimum atomic E-state index is -0.519. The minimum Gasteiger partial charge on any atom is -0.366 e. The fourth-order valence-electron chi connectivity index (χ4n) is 4.80. The van der Waals surface area contributed by atoms with Gasteiger partial charge in [-0.25, -0.2) is 0 Å². The normalized spacial score (nSPS) is 16.8. The average molecular weight is 453 g/mol. The van der Waals surface area contributed by atoms with Gasteiger partial charge in [0.05, 0.1) is 5.57 Å². The van der Waals surface area contributed by atoms with Gasteiger partial charge in [-0.3, -0.25) is 14.5 Å². The molecule has 5 rings (SSSR count). The first-order valence-corrected chi connectivity index (χ1v) is 11.6. The minimum absolute atomic E-state index is 0.194. The molecule has 0 atom stereocenters. The predicted molar refractivity (Wildman–Crippen MR) is 135 cm³/mol. The highest BCUT2D eigenvalue weighted by atomic mass is 16.2. The Labute approximate surface area is 199 Å². The third-order valence-electron chi connectivity index (χ3n) is 6.63. The van der Waals surface area contributed by atoms with Gasteiger partial charge >= 0.3 is 0 Å². The third-order valence-corrected chi connectivity index (χ3v) is 6.63. The number of benzene rings is 3. The number of amides is 2. The molecule has 3 aromatic carbocycles. The van der Waals surface area contributed by atoms with E-state index in [1.54, 1.807) is 18.2 Å². The summed E-state index contributed by atoms with van der Waals surface area (Å²) in [4.78, 5) is 26.6. The van der Waals surface area contributed by atoms with Crippen molar-refractivity contribution < 1.29 is 9.59 Å². The van der Waals surface area contributed by atoms with Gasteiger partial charge < -0.3 is 16.4 Å². The lowest BCUT2D eigenvalue weighted by Crippen LogP contribution is -2.25. The Morgan fingerprint density at radius 3 is 2.32 bits per heavy atom. The summed E-state index contributed by atoms with van der Waals surface area (Å²) in [6.07, 6.45) is 2.18. The fourth-order valence-corrected chi connectivity index (χ4v) is 4.80. The Balaban J connectivity index is 1.26. The molecule has 4 N–H and O–H groups in total. The number of fused-ring (bicyclic) bond motifs is 2. The molecular formula is C28H28N4O2. The summed E-state index contributed by atoms with van der Waals surface area (Å²) in [5.74, 6) is -0.713. The third kappa shape index (κ3) is 4.45. The zero-order valence-electron chi connectivity index (χ0n) is 19.2. The molecule has 0 aliphatic carbocycles. The maximum atomic E-state index is 12.6. The molecular weight excluding hydrogens is 424 g/mol. The number of carbonyl (C=O) groups excluding carboxylic acids is 2. The van der Waals surface area contributed by atoms with E-state index in [4.69, 9.17) is 5.73 Å². The molecule has 6 nitrogen and oxygen atoms in total. The fraction of sp³-hybridized carbons (Fsp3) is 0.214. The van der Waals surface area contributed by atoms with Crippen molar-refractivity contribution >= 4 is 28.8 Å². The molecule has 34 heavy (non-hydrogen) atoms. The lowest BCUT2D eigenvalue weighted by molar-refractivity contribution is -0.110. The largest absolute Gasteiger partial charge is 0.366 e. The molecule has 3 aromatic rings. The monoisotopic (exact) mass is 452 g/mol. The molecule has 6 heteroatoms. The quantitative estimate of drug-likeness (QED) is 0.507. The molecule has 0 spiro atoms. The second-order valence-corrected chi connectivity index (χ2v) is 8.95. The molecule has 0 unspecified atom stereocenters. The molecule has 0 fully saturated rings. The van der Waals surface area contributed by atoms with Crippen LogP contribution in [0.5, 0.6) is 0 Å². The van der Waals surface area contributed by atoms with Gasteiger partial charge in [0.1, 0.15) is 0 Å². The van der Waals surface area contributed by atoms with Crippen molar-refractivity contribution in [1.82, 2.24) is 4.90 Å². The van der Waals surface area contributed by atoms with E-state index in [-0.39, 0.29) is 5.91 Å². The van der Waals surface area contributed by atoms with Crippen LogP contribution in [0.3, 0.4) is 0 Å². The smallest absolute Gasteiger partial charge is 0.258 e. The van der Waals surface area contributed by atoms with Crippen LogP contribution in [0.1, 0.15) is 39.5 Å². The Morgan fingerprint density at radius 1 is 1.00 bits per heavy atom. The van der Waals surface area contributed by atoms with Crippen LogP contribution in [0.4, 0.5) is 11.4 Å². The summed E-state index contributed by atoms with van der Waals surface area (Å²) in [6.45, 7) is 4.93. The van der Waals surface area contributed by atoms with Crippen molar-refractivity contribution in [1.29, 1.82) is 0 Å². The standard InChI is InChI=1S/C28H28N4O2/c1-18(26-24-11-8-22(27(29)33)16-25(24)31-28(26)34)30-23-9-6-19(7-10-23)17-32-14-12-20-4-2-3-5-21(20)13-15-32/h2-11,16,30H,12-15,17H2,1H3,(H2,29,33)(H,31,34)/b26-18-. The molecule has 2 heterocycles. The number of carbonyl (C=O) groups is 2. The molecule has 0 saturated heterocycles. The maximum absolute atomic E-state index is 12.6. The van der Waals surface area contributed by atoms with E-state index in [2.05, 4.69) is 64.1 Å². The molecule has 2 aliphatic heterocycles. The van der Waals surface area contributed by atoms with Crippen LogP contribution in [-0.4, -0.2) is 29.8 Å². The van der Waals surface area contributed by atoms with Crippen molar-refractivity contribution in [3.05, 3.63) is 100 Å². The number of rotatable bonds is 5. The van der Waals surface area contributed by atoms with E-state index in [1.165, 1.54) is 16.7 Å². The second kappa shape index (κ2) is 9.15.